The van der Waals surface area contributed by atoms with Crippen molar-refractivity contribution >= 4 is 17.1 Å². The third-order valence-corrected chi connectivity index (χ3v) is 3.89. The minimum atomic E-state index is -1.23. The summed E-state index contributed by atoms with van der Waals surface area (Å²) >= 11 is 0. The lowest BCUT2D eigenvalue weighted by Crippen LogP contribution is -2.42. The van der Waals surface area contributed by atoms with Gasteiger partial charge in [0, 0.05) is 5.56 Å². The van der Waals surface area contributed by atoms with Crippen molar-refractivity contribution < 1.29 is 14.3 Å². The van der Waals surface area contributed by atoms with Crippen LogP contribution in [0.1, 0.15) is 24.0 Å². The number of furan rings is 1. The summed E-state index contributed by atoms with van der Waals surface area (Å²) in [5.41, 5.74) is 3.69. The zero-order valence-electron chi connectivity index (χ0n) is 13.8. The molecular formula is C17H20N4O3. The van der Waals surface area contributed by atoms with Crippen molar-refractivity contribution in [3.05, 3.63) is 53.7 Å². The number of urea groups is 1. The monoisotopic (exact) mass is 328 g/mol. The van der Waals surface area contributed by atoms with Gasteiger partial charge in [-0.05, 0) is 39.0 Å². The number of para-hydroxylation sites is 2. The zero-order valence-corrected chi connectivity index (χ0v) is 13.8. The van der Waals surface area contributed by atoms with Crippen LogP contribution in [-0.4, -0.2) is 27.3 Å². The molecule has 0 spiro atoms. The van der Waals surface area contributed by atoms with E-state index in [-0.39, 0.29) is 6.54 Å². The number of rotatable bonds is 4. The van der Waals surface area contributed by atoms with E-state index in [4.69, 9.17) is 4.42 Å². The molecule has 0 aliphatic carbocycles. The van der Waals surface area contributed by atoms with E-state index < -0.39 is 11.6 Å². The van der Waals surface area contributed by atoms with Gasteiger partial charge in [-0.15, -0.1) is 0 Å². The molecule has 1 aromatic carbocycles. The maximum Gasteiger partial charge on any atom is 0.334 e. The van der Waals surface area contributed by atoms with Gasteiger partial charge in [-0.3, -0.25) is 0 Å². The molecular weight excluding hydrogens is 308 g/mol. The first-order valence-corrected chi connectivity index (χ1v) is 7.64. The number of aryl methyl sites for hydroxylation is 2. The number of benzene rings is 1. The molecule has 0 radical (unpaired) electrons. The summed E-state index contributed by atoms with van der Waals surface area (Å²) in [7, 11) is 0. The minimum absolute atomic E-state index is 0.0469. The predicted octanol–water partition coefficient (Wildman–Crippen LogP) is 2.41. The Labute approximate surface area is 139 Å². The number of hydrogen-bond acceptors (Lipinski definition) is 4. The molecule has 0 fully saturated rings. The summed E-state index contributed by atoms with van der Waals surface area (Å²) in [4.78, 5) is 16.3. The molecule has 0 aliphatic heterocycles. The van der Waals surface area contributed by atoms with E-state index in [0.717, 1.165) is 16.8 Å². The van der Waals surface area contributed by atoms with Gasteiger partial charge in [-0.1, -0.05) is 12.1 Å². The molecule has 7 nitrogen and oxygen atoms in total. The molecule has 2 amide bonds. The molecule has 0 bridgehead atoms. The largest absolute Gasteiger partial charge is 0.466 e. The zero-order chi connectivity index (χ0) is 17.3. The molecule has 3 N–H and O–H groups in total. The number of carbonyl (C=O) groups excluding carboxylic acids is 1. The third-order valence-electron chi connectivity index (χ3n) is 3.89. The van der Waals surface area contributed by atoms with Crippen LogP contribution in [0.5, 0.6) is 0 Å². The Kier molecular flexibility index (Phi) is 4.02. The maximum absolute atomic E-state index is 12.1. The van der Waals surface area contributed by atoms with Gasteiger partial charge in [0.05, 0.1) is 17.6 Å². The van der Waals surface area contributed by atoms with Crippen molar-refractivity contribution in [1.82, 2.24) is 15.0 Å². The first-order chi connectivity index (χ1) is 11.4. The topological polar surface area (TPSA) is 92.3 Å². The highest BCUT2D eigenvalue weighted by molar-refractivity contribution is 5.85. The summed E-state index contributed by atoms with van der Waals surface area (Å²) in [6, 6.07) is 8.81. The first-order valence-electron chi connectivity index (χ1n) is 7.64. The van der Waals surface area contributed by atoms with E-state index in [1.54, 1.807) is 19.9 Å². The predicted molar refractivity (Wildman–Crippen MR) is 90.2 cm³/mol. The molecule has 0 aliphatic rings. The van der Waals surface area contributed by atoms with Crippen LogP contribution >= 0.6 is 0 Å². The molecule has 2 aromatic heterocycles. The Morgan fingerprint density at radius 2 is 2.12 bits per heavy atom. The third kappa shape index (κ3) is 3.11. The second kappa shape index (κ2) is 6.01. The van der Waals surface area contributed by atoms with Gasteiger partial charge >= 0.3 is 6.03 Å². The number of fused-ring (bicyclic) bond motifs is 1. The molecule has 3 aromatic rings. The molecule has 0 unspecified atom stereocenters. The van der Waals surface area contributed by atoms with E-state index in [9.17, 15) is 9.90 Å². The Bertz CT molecular complexity index is 879. The summed E-state index contributed by atoms with van der Waals surface area (Å²) in [6.45, 7) is 5.29. The van der Waals surface area contributed by atoms with Gasteiger partial charge in [0.2, 0.25) is 0 Å². The molecule has 7 heteroatoms. The number of aliphatic hydroxyl groups is 1. The standard InChI is InChI=1S/C17H20N4O3/c1-11-8-13(12(2)24-11)17(3,23)9-18-16(22)20-21-10-19-14-6-4-5-7-15(14)21/h4-8,10,23H,9H2,1-3H3,(H2,18,20,22)/t17-/m0/s1. The van der Waals surface area contributed by atoms with Crippen molar-refractivity contribution in [3.8, 4) is 0 Å². The van der Waals surface area contributed by atoms with Crippen molar-refractivity contribution in [2.24, 2.45) is 0 Å². The molecule has 1 atom stereocenters. The second-order valence-corrected chi connectivity index (χ2v) is 6.00. The smallest absolute Gasteiger partial charge is 0.334 e. The van der Waals surface area contributed by atoms with Crippen molar-refractivity contribution in [2.75, 3.05) is 12.0 Å². The van der Waals surface area contributed by atoms with Gasteiger partial charge in [0.1, 0.15) is 23.4 Å². The normalized spacial score (nSPS) is 13.7. The fourth-order valence-electron chi connectivity index (χ4n) is 2.71. The average Bonchev–Trinajstić information content (AvgIpc) is 3.09. The van der Waals surface area contributed by atoms with Crippen LogP contribution < -0.4 is 10.7 Å². The molecule has 0 saturated heterocycles. The SMILES string of the molecule is Cc1cc([C@@](C)(O)CNC(=O)Nn2cnc3ccccc32)c(C)o1. The number of imidazole rings is 1. The average molecular weight is 328 g/mol. The Morgan fingerprint density at radius 3 is 2.83 bits per heavy atom. The number of nitrogens with one attached hydrogen (secondary N) is 2. The molecule has 2 heterocycles. The number of nitrogens with zero attached hydrogens (tertiary/aromatic N) is 2. The summed E-state index contributed by atoms with van der Waals surface area (Å²) < 4.78 is 6.97. The maximum atomic E-state index is 12.1. The Balaban J connectivity index is 1.66. The molecule has 126 valence electrons. The van der Waals surface area contributed by atoms with Gasteiger partial charge < -0.3 is 14.8 Å². The highest BCUT2D eigenvalue weighted by Crippen LogP contribution is 2.26. The minimum Gasteiger partial charge on any atom is -0.466 e. The lowest BCUT2D eigenvalue weighted by atomic mass is 9.96. The summed E-state index contributed by atoms with van der Waals surface area (Å²) in [6.07, 6.45) is 1.53. The fraction of sp³-hybridized carbons (Fsp3) is 0.294. The van der Waals surface area contributed by atoms with E-state index in [1.807, 2.05) is 31.2 Å². The first kappa shape index (κ1) is 16.1. The van der Waals surface area contributed by atoms with E-state index in [0.29, 0.717) is 11.3 Å². The van der Waals surface area contributed by atoms with Crippen LogP contribution in [-0.2, 0) is 5.60 Å². The quantitative estimate of drug-likeness (QED) is 0.686. The van der Waals surface area contributed by atoms with Crippen LogP contribution in [0.25, 0.3) is 11.0 Å². The lowest BCUT2D eigenvalue weighted by Gasteiger charge is -2.23. The summed E-state index contributed by atoms with van der Waals surface area (Å²) in [5.74, 6) is 1.36. The molecule has 0 saturated carbocycles. The van der Waals surface area contributed by atoms with E-state index in [2.05, 4.69) is 15.7 Å². The van der Waals surface area contributed by atoms with Gasteiger partial charge in [-0.2, -0.15) is 0 Å². The van der Waals surface area contributed by atoms with Crippen LogP contribution in [0.2, 0.25) is 0 Å². The van der Waals surface area contributed by atoms with Crippen molar-refractivity contribution in [2.45, 2.75) is 26.4 Å². The Morgan fingerprint density at radius 1 is 1.38 bits per heavy atom. The summed E-state index contributed by atoms with van der Waals surface area (Å²) in [5, 5.41) is 13.3. The van der Waals surface area contributed by atoms with Crippen LogP contribution in [0.4, 0.5) is 4.79 Å². The van der Waals surface area contributed by atoms with Gasteiger partial charge in [-0.25, -0.2) is 19.9 Å². The molecule has 24 heavy (non-hydrogen) atoms. The lowest BCUT2D eigenvalue weighted by molar-refractivity contribution is 0.0583. The number of carbonyl (C=O) groups is 1. The number of aromatic nitrogens is 2. The highest BCUT2D eigenvalue weighted by atomic mass is 16.3. The van der Waals surface area contributed by atoms with Crippen LogP contribution in [0, 0.1) is 13.8 Å². The highest BCUT2D eigenvalue weighted by Gasteiger charge is 2.28. The van der Waals surface area contributed by atoms with E-state index in [1.165, 1.54) is 11.0 Å². The van der Waals surface area contributed by atoms with Gasteiger partial charge in [0.15, 0.2) is 0 Å². The molecule has 3 rings (SSSR count). The van der Waals surface area contributed by atoms with Crippen LogP contribution in [0.15, 0.2) is 41.1 Å². The van der Waals surface area contributed by atoms with Crippen LogP contribution in [0.3, 0.4) is 0 Å². The fourth-order valence-corrected chi connectivity index (χ4v) is 2.71. The van der Waals surface area contributed by atoms with Crippen molar-refractivity contribution in [3.63, 3.8) is 0 Å². The Hall–Kier alpha value is -2.80. The second-order valence-electron chi connectivity index (χ2n) is 6.00. The van der Waals surface area contributed by atoms with E-state index >= 15 is 0 Å². The van der Waals surface area contributed by atoms with Gasteiger partial charge in [0.25, 0.3) is 0 Å². The number of hydrogen-bond donors (Lipinski definition) is 3. The van der Waals surface area contributed by atoms with Crippen molar-refractivity contribution in [1.29, 1.82) is 0 Å². The number of amides is 2.